The molecule has 0 aliphatic rings. The summed E-state index contributed by atoms with van der Waals surface area (Å²) in [6.45, 7) is 2.80. The third-order valence-electron chi connectivity index (χ3n) is 2.47. The van der Waals surface area contributed by atoms with Gasteiger partial charge in [-0.25, -0.2) is 4.98 Å². The molecular weight excluding hydrogens is 232 g/mol. The van der Waals surface area contributed by atoms with Crippen molar-refractivity contribution in [3.05, 3.63) is 40.3 Å². The molecule has 1 N–H and O–H groups in total. The maximum atomic E-state index is 11.5. The first-order valence-electron chi connectivity index (χ1n) is 5.57. The van der Waals surface area contributed by atoms with Gasteiger partial charge in [0.25, 0.3) is 5.56 Å². The first kappa shape index (κ1) is 12.1. The highest BCUT2D eigenvalue weighted by Crippen LogP contribution is 2.05. The number of nitrogens with one attached hydrogen (secondary N) is 1. The minimum atomic E-state index is -0.295. The smallest absolute Gasteiger partial charge is 0.293 e. The van der Waals surface area contributed by atoms with E-state index < -0.39 is 0 Å². The van der Waals surface area contributed by atoms with Crippen LogP contribution in [0, 0.1) is 0 Å². The van der Waals surface area contributed by atoms with Gasteiger partial charge in [0.2, 0.25) is 5.75 Å². The molecule has 2 aromatic rings. The van der Waals surface area contributed by atoms with Gasteiger partial charge in [0.15, 0.2) is 0 Å². The Morgan fingerprint density at radius 1 is 1.50 bits per heavy atom. The van der Waals surface area contributed by atoms with Crippen LogP contribution < -0.4 is 10.3 Å². The zero-order valence-corrected chi connectivity index (χ0v) is 10.3. The fourth-order valence-electron chi connectivity index (χ4n) is 1.54. The van der Waals surface area contributed by atoms with Gasteiger partial charge >= 0.3 is 0 Å². The molecule has 0 bridgehead atoms. The highest BCUT2D eigenvalue weighted by molar-refractivity contribution is 5.64. The average molecular weight is 246 g/mol. The lowest BCUT2D eigenvalue weighted by Gasteiger charge is -1.99. The molecular formula is C12H14N4O2. The van der Waals surface area contributed by atoms with Crippen molar-refractivity contribution in [2.45, 2.75) is 13.5 Å². The summed E-state index contributed by atoms with van der Waals surface area (Å²) >= 11 is 0. The number of hydrogen-bond donors (Lipinski definition) is 1. The quantitative estimate of drug-likeness (QED) is 0.878. The van der Waals surface area contributed by atoms with Crippen LogP contribution in [0.2, 0.25) is 0 Å². The first-order valence-corrected chi connectivity index (χ1v) is 5.57. The van der Waals surface area contributed by atoms with E-state index in [0.717, 1.165) is 12.2 Å². The summed E-state index contributed by atoms with van der Waals surface area (Å²) in [5.74, 6) is 0.676. The Bertz CT molecular complexity index is 613. The molecule has 0 fully saturated rings. The van der Waals surface area contributed by atoms with E-state index in [1.165, 1.54) is 13.3 Å². The molecule has 0 aliphatic heterocycles. The second-order valence-electron chi connectivity index (χ2n) is 3.57. The van der Waals surface area contributed by atoms with Crippen molar-refractivity contribution >= 4 is 12.2 Å². The fourth-order valence-corrected chi connectivity index (χ4v) is 1.54. The van der Waals surface area contributed by atoms with Crippen molar-refractivity contribution in [3.63, 3.8) is 0 Å². The minimum absolute atomic E-state index is 0.200. The molecule has 0 unspecified atom stereocenters. The summed E-state index contributed by atoms with van der Waals surface area (Å²) < 4.78 is 6.69. The topological polar surface area (TPSA) is 72.8 Å². The van der Waals surface area contributed by atoms with Crippen LogP contribution in [0.1, 0.15) is 18.4 Å². The number of aryl methyl sites for hydroxylation is 1. The van der Waals surface area contributed by atoms with Gasteiger partial charge in [0, 0.05) is 12.7 Å². The number of methoxy groups -OCH3 is 1. The van der Waals surface area contributed by atoms with Crippen molar-refractivity contribution < 1.29 is 4.74 Å². The van der Waals surface area contributed by atoms with Crippen LogP contribution in [0.3, 0.4) is 0 Å². The molecule has 2 aromatic heterocycles. The average Bonchev–Trinajstić information content (AvgIpc) is 2.84. The van der Waals surface area contributed by atoms with Crippen LogP contribution in [-0.2, 0) is 6.54 Å². The molecule has 94 valence electrons. The van der Waals surface area contributed by atoms with E-state index in [0.29, 0.717) is 5.82 Å². The number of hydrogen-bond acceptors (Lipinski definition) is 4. The highest BCUT2D eigenvalue weighted by atomic mass is 16.5. The standard InChI is InChI=1S/C12H14N4O2/c1-3-16-9(6-7-14-16)4-5-11-13-8-10(18-2)12(17)15-11/h4-8H,3H2,1-2H3,(H,13,15,17)/b5-4+. The summed E-state index contributed by atoms with van der Waals surface area (Å²) in [7, 11) is 1.43. The van der Waals surface area contributed by atoms with Gasteiger partial charge in [-0.3, -0.25) is 9.48 Å². The second-order valence-corrected chi connectivity index (χ2v) is 3.57. The van der Waals surface area contributed by atoms with Gasteiger partial charge in [-0.05, 0) is 25.1 Å². The van der Waals surface area contributed by atoms with Crippen molar-refractivity contribution in [2.75, 3.05) is 7.11 Å². The molecule has 0 atom stereocenters. The number of H-pyrrole nitrogens is 1. The second kappa shape index (κ2) is 5.31. The van der Waals surface area contributed by atoms with Crippen LogP contribution in [0.15, 0.2) is 23.3 Å². The van der Waals surface area contributed by atoms with Crippen molar-refractivity contribution in [3.8, 4) is 5.75 Å². The van der Waals surface area contributed by atoms with Crippen molar-refractivity contribution in [1.82, 2.24) is 19.7 Å². The summed E-state index contributed by atoms with van der Waals surface area (Å²) in [5.41, 5.74) is 0.659. The van der Waals surface area contributed by atoms with E-state index in [1.807, 2.05) is 23.7 Å². The molecule has 6 heteroatoms. The van der Waals surface area contributed by atoms with Gasteiger partial charge in [0.05, 0.1) is 19.0 Å². The summed E-state index contributed by atoms with van der Waals surface area (Å²) in [6, 6.07) is 1.89. The van der Waals surface area contributed by atoms with Crippen LogP contribution in [0.5, 0.6) is 5.75 Å². The summed E-state index contributed by atoms with van der Waals surface area (Å²) in [6.07, 6.45) is 6.70. The lowest BCUT2D eigenvalue weighted by atomic mass is 10.3. The summed E-state index contributed by atoms with van der Waals surface area (Å²) in [4.78, 5) is 18.2. The molecule has 0 saturated carbocycles. The Balaban J connectivity index is 2.24. The Morgan fingerprint density at radius 2 is 2.33 bits per heavy atom. The molecule has 2 heterocycles. The Kier molecular flexibility index (Phi) is 3.57. The largest absolute Gasteiger partial charge is 0.490 e. The SMILES string of the molecule is CCn1nccc1/C=C/c1ncc(OC)c(=O)[nH]1. The Labute approximate surface area is 104 Å². The molecule has 0 radical (unpaired) electrons. The fraction of sp³-hybridized carbons (Fsp3) is 0.250. The van der Waals surface area contributed by atoms with Crippen LogP contribution in [0.4, 0.5) is 0 Å². The molecule has 0 saturated heterocycles. The number of nitrogens with zero attached hydrogens (tertiary/aromatic N) is 3. The molecule has 0 spiro atoms. The van der Waals surface area contributed by atoms with Crippen LogP contribution in [-0.4, -0.2) is 26.9 Å². The van der Waals surface area contributed by atoms with Crippen molar-refractivity contribution in [1.29, 1.82) is 0 Å². The monoisotopic (exact) mass is 246 g/mol. The van der Waals surface area contributed by atoms with E-state index >= 15 is 0 Å². The molecule has 6 nitrogen and oxygen atoms in total. The third-order valence-corrected chi connectivity index (χ3v) is 2.47. The lowest BCUT2D eigenvalue weighted by molar-refractivity contribution is 0.406. The molecule has 0 aliphatic carbocycles. The molecule has 0 amide bonds. The normalized spacial score (nSPS) is 11.0. The minimum Gasteiger partial charge on any atom is -0.490 e. The number of aromatic nitrogens is 4. The van der Waals surface area contributed by atoms with Gasteiger partial charge in [-0.15, -0.1) is 0 Å². The maximum Gasteiger partial charge on any atom is 0.293 e. The predicted octanol–water partition coefficient (Wildman–Crippen LogP) is 1.17. The predicted molar refractivity (Wildman–Crippen MR) is 68.2 cm³/mol. The van der Waals surface area contributed by atoms with Gasteiger partial charge in [-0.2, -0.15) is 5.10 Å². The zero-order chi connectivity index (χ0) is 13.0. The van der Waals surface area contributed by atoms with Gasteiger partial charge < -0.3 is 9.72 Å². The Hall–Kier alpha value is -2.37. The van der Waals surface area contributed by atoms with E-state index in [1.54, 1.807) is 12.3 Å². The number of rotatable bonds is 4. The van der Waals surface area contributed by atoms with Crippen molar-refractivity contribution in [2.24, 2.45) is 0 Å². The van der Waals surface area contributed by atoms with Crippen LogP contribution in [0.25, 0.3) is 12.2 Å². The van der Waals surface area contributed by atoms with Gasteiger partial charge in [0.1, 0.15) is 5.82 Å². The third kappa shape index (κ3) is 2.48. The number of ether oxygens (including phenoxy) is 1. The summed E-state index contributed by atoms with van der Waals surface area (Å²) in [5, 5.41) is 4.14. The number of aromatic amines is 1. The van der Waals surface area contributed by atoms with E-state index in [2.05, 4.69) is 15.1 Å². The molecule has 2 rings (SSSR count). The first-order chi connectivity index (χ1) is 8.74. The lowest BCUT2D eigenvalue weighted by Crippen LogP contribution is -2.11. The van der Waals surface area contributed by atoms with Crippen LogP contribution >= 0.6 is 0 Å². The maximum absolute atomic E-state index is 11.5. The highest BCUT2D eigenvalue weighted by Gasteiger charge is 2.00. The molecule has 0 aromatic carbocycles. The zero-order valence-electron chi connectivity index (χ0n) is 10.3. The van der Waals surface area contributed by atoms with E-state index in [4.69, 9.17) is 4.74 Å². The van der Waals surface area contributed by atoms with E-state index in [9.17, 15) is 4.79 Å². The van der Waals surface area contributed by atoms with Gasteiger partial charge in [-0.1, -0.05) is 0 Å². The Morgan fingerprint density at radius 3 is 3.00 bits per heavy atom. The molecule has 18 heavy (non-hydrogen) atoms. The van der Waals surface area contributed by atoms with E-state index in [-0.39, 0.29) is 11.3 Å².